The van der Waals surface area contributed by atoms with Crippen LogP contribution in [0, 0.1) is 17.6 Å². The minimum Gasteiger partial charge on any atom is -0.388 e. The van der Waals surface area contributed by atoms with Crippen LogP contribution in [0.1, 0.15) is 56.6 Å². The molecule has 8 nitrogen and oxygen atoms in total. The van der Waals surface area contributed by atoms with E-state index in [9.17, 15) is 5.11 Å². The van der Waals surface area contributed by atoms with Crippen molar-refractivity contribution in [1.82, 2.24) is 19.6 Å². The molecule has 0 radical (unpaired) electrons. The van der Waals surface area contributed by atoms with E-state index in [4.69, 9.17) is 10.5 Å². The summed E-state index contributed by atoms with van der Waals surface area (Å²) in [5, 5.41) is 18.5. The van der Waals surface area contributed by atoms with Crippen molar-refractivity contribution in [3.05, 3.63) is 71.7 Å². The van der Waals surface area contributed by atoms with E-state index in [-0.39, 0.29) is 60.8 Å². The van der Waals surface area contributed by atoms with Crippen LogP contribution >= 0.6 is 0 Å². The third kappa shape index (κ3) is 4.96. The summed E-state index contributed by atoms with van der Waals surface area (Å²) < 4.78 is 52.7. The van der Waals surface area contributed by atoms with Gasteiger partial charge in [-0.2, -0.15) is 9.61 Å². The second-order valence-electron chi connectivity index (χ2n) is 11.5. The molecule has 0 amide bonds. The largest absolute Gasteiger partial charge is 0.388 e. The van der Waals surface area contributed by atoms with Gasteiger partial charge in [-0.05, 0) is 73.1 Å². The highest BCUT2D eigenvalue weighted by Gasteiger charge is 2.42. The summed E-state index contributed by atoms with van der Waals surface area (Å²) in [6, 6.07) is 6.81. The minimum absolute atomic E-state index is 0.0105. The van der Waals surface area contributed by atoms with E-state index in [0.717, 1.165) is 24.1 Å². The van der Waals surface area contributed by atoms with Crippen molar-refractivity contribution in [1.29, 1.82) is 0 Å². The van der Waals surface area contributed by atoms with E-state index < -0.39 is 22.9 Å². The molecule has 4 N–H and O–H groups in total. The Bertz CT molecular complexity index is 1550. The van der Waals surface area contributed by atoms with E-state index in [0.29, 0.717) is 23.6 Å². The molecule has 0 spiro atoms. The average Bonchev–Trinajstić information content (AvgIpc) is 3.34. The Morgan fingerprint density at radius 2 is 1.83 bits per heavy atom. The fourth-order valence-electron chi connectivity index (χ4n) is 6.07. The van der Waals surface area contributed by atoms with Crippen molar-refractivity contribution in [2.45, 2.75) is 62.8 Å². The number of pyridine rings is 1. The van der Waals surface area contributed by atoms with Crippen LogP contribution in [0.25, 0.3) is 16.8 Å². The topological polar surface area (TPSA) is 111 Å². The third-order valence-electron chi connectivity index (χ3n) is 8.95. The number of anilines is 2. The first-order valence-electron chi connectivity index (χ1n) is 13.9. The maximum absolute atomic E-state index is 15.4. The van der Waals surface area contributed by atoms with Gasteiger partial charge in [-0.25, -0.2) is 18.2 Å². The molecule has 6 rings (SSSR count). The van der Waals surface area contributed by atoms with Crippen LogP contribution in [-0.2, 0) is 10.4 Å². The Kier molecular flexibility index (Phi) is 6.99. The Morgan fingerprint density at radius 3 is 2.54 bits per heavy atom. The van der Waals surface area contributed by atoms with Gasteiger partial charge in [0.25, 0.3) is 0 Å². The number of imidazole rings is 1. The van der Waals surface area contributed by atoms with Crippen molar-refractivity contribution in [3.8, 4) is 11.3 Å². The molecule has 1 aliphatic carbocycles. The average molecular weight is 567 g/mol. The number of alkyl halides is 1. The van der Waals surface area contributed by atoms with Crippen LogP contribution in [0.2, 0.25) is 0 Å². The highest BCUT2D eigenvalue weighted by atomic mass is 19.1. The second-order valence-corrected chi connectivity index (χ2v) is 11.5. The van der Waals surface area contributed by atoms with E-state index in [1.54, 1.807) is 31.6 Å². The lowest BCUT2D eigenvalue weighted by atomic mass is 9.68. The molecule has 1 aliphatic heterocycles. The monoisotopic (exact) mass is 566 g/mol. The molecule has 3 aromatic heterocycles. The van der Waals surface area contributed by atoms with Gasteiger partial charge < -0.3 is 20.9 Å². The summed E-state index contributed by atoms with van der Waals surface area (Å²) in [5.74, 6) is -1.38. The molecule has 1 saturated carbocycles. The molecule has 11 heteroatoms. The molecule has 4 aromatic rings. The van der Waals surface area contributed by atoms with Gasteiger partial charge in [0.05, 0.1) is 40.5 Å². The lowest BCUT2D eigenvalue weighted by Gasteiger charge is -2.44. The molecular formula is C30H33F3N6O2. The molecule has 0 bridgehead atoms. The zero-order valence-electron chi connectivity index (χ0n) is 22.9. The number of aromatic nitrogens is 4. The molecule has 4 unspecified atom stereocenters. The number of nitrogens with zero attached hydrogens (tertiary/aromatic N) is 4. The standard InChI is InChI=1S/C30H33F3N6O2/c1-17-11-18(12-26(34)29(17,2)40)21-5-8-35-16-25(21)37-28-36-15-20-3-4-24(38-39(20)28)27-22(31)13-19(14-23(27)32)30(33)6-9-41-10-7-30/h3-5,8,13-18,26,40H,6-7,9-12,34H2,1-2H3,(H,36,37). The van der Waals surface area contributed by atoms with Crippen molar-refractivity contribution < 1.29 is 23.0 Å². The Hall–Kier alpha value is -3.54. The predicted molar refractivity (Wildman–Crippen MR) is 148 cm³/mol. The van der Waals surface area contributed by atoms with Crippen LogP contribution in [0.4, 0.5) is 24.8 Å². The highest BCUT2D eigenvalue weighted by molar-refractivity contribution is 5.66. The molecule has 4 heterocycles. The van der Waals surface area contributed by atoms with E-state index in [1.165, 1.54) is 10.6 Å². The molecule has 1 saturated heterocycles. The second kappa shape index (κ2) is 10.4. The maximum atomic E-state index is 15.4. The molecule has 41 heavy (non-hydrogen) atoms. The summed E-state index contributed by atoms with van der Waals surface area (Å²) in [6.07, 6.45) is 6.42. The van der Waals surface area contributed by atoms with Gasteiger partial charge in [-0.15, -0.1) is 0 Å². The number of fused-ring (bicyclic) bond motifs is 1. The zero-order valence-corrected chi connectivity index (χ0v) is 22.9. The summed E-state index contributed by atoms with van der Waals surface area (Å²) in [7, 11) is 0. The van der Waals surface area contributed by atoms with Crippen LogP contribution in [-0.4, -0.2) is 49.5 Å². The molecule has 216 valence electrons. The quantitative estimate of drug-likeness (QED) is 0.298. The van der Waals surface area contributed by atoms with E-state index in [2.05, 4.69) is 20.4 Å². The summed E-state index contributed by atoms with van der Waals surface area (Å²) in [6.45, 7) is 4.17. The highest BCUT2D eigenvalue weighted by Crippen LogP contribution is 2.43. The van der Waals surface area contributed by atoms with Gasteiger partial charge in [0, 0.05) is 38.3 Å². The van der Waals surface area contributed by atoms with Gasteiger partial charge in [-0.3, -0.25) is 4.98 Å². The van der Waals surface area contributed by atoms with Crippen molar-refractivity contribution in [2.75, 3.05) is 18.5 Å². The van der Waals surface area contributed by atoms with E-state index >= 15 is 13.2 Å². The fraction of sp³-hybridized carbons (Fsp3) is 0.433. The number of ether oxygens (including phenoxy) is 1. The number of nitrogens with one attached hydrogen (secondary N) is 1. The molecule has 2 fully saturated rings. The number of benzene rings is 1. The van der Waals surface area contributed by atoms with Crippen LogP contribution < -0.4 is 11.1 Å². The van der Waals surface area contributed by atoms with Crippen molar-refractivity contribution >= 4 is 17.2 Å². The van der Waals surface area contributed by atoms with Gasteiger partial charge in [0.1, 0.15) is 17.3 Å². The minimum atomic E-state index is -1.84. The normalized spacial score (nSPS) is 26.3. The van der Waals surface area contributed by atoms with Gasteiger partial charge >= 0.3 is 0 Å². The molecule has 2 aliphatic rings. The number of aliphatic hydroxyl groups is 1. The SMILES string of the molecule is CC1CC(c2ccncc2Nc2ncc3ccc(-c4c(F)cc(C5(F)CCOCC5)cc4F)nn23)CC(N)C1(C)O. The summed E-state index contributed by atoms with van der Waals surface area (Å²) in [4.78, 5) is 8.71. The summed E-state index contributed by atoms with van der Waals surface area (Å²) >= 11 is 0. The maximum Gasteiger partial charge on any atom is 0.229 e. The lowest BCUT2D eigenvalue weighted by Crippen LogP contribution is -2.54. The Labute approximate surface area is 235 Å². The number of rotatable bonds is 5. The van der Waals surface area contributed by atoms with Crippen molar-refractivity contribution in [2.24, 2.45) is 11.7 Å². The van der Waals surface area contributed by atoms with Crippen LogP contribution in [0.5, 0.6) is 0 Å². The fourth-order valence-corrected chi connectivity index (χ4v) is 6.07. The lowest BCUT2D eigenvalue weighted by molar-refractivity contribution is -0.0463. The van der Waals surface area contributed by atoms with Crippen molar-refractivity contribution in [3.63, 3.8) is 0 Å². The van der Waals surface area contributed by atoms with Gasteiger partial charge in [-0.1, -0.05) is 6.92 Å². The first kappa shape index (κ1) is 27.6. The van der Waals surface area contributed by atoms with Crippen LogP contribution in [0.3, 0.4) is 0 Å². The predicted octanol–water partition coefficient (Wildman–Crippen LogP) is 5.38. The number of halogens is 3. The van der Waals surface area contributed by atoms with Gasteiger partial charge in [0.15, 0.2) is 0 Å². The smallest absolute Gasteiger partial charge is 0.229 e. The molecule has 4 atom stereocenters. The zero-order chi connectivity index (χ0) is 28.9. The summed E-state index contributed by atoms with van der Waals surface area (Å²) in [5.41, 5.74) is 5.51. The van der Waals surface area contributed by atoms with Gasteiger partial charge in [0.2, 0.25) is 5.95 Å². The third-order valence-corrected chi connectivity index (χ3v) is 8.95. The number of nitrogens with two attached hydrogens (primary N) is 1. The molecular weight excluding hydrogens is 533 g/mol. The number of hydrogen-bond donors (Lipinski definition) is 3. The Balaban J connectivity index is 1.32. The molecule has 1 aromatic carbocycles. The van der Waals surface area contributed by atoms with E-state index in [1.807, 2.05) is 13.0 Å². The first-order chi connectivity index (χ1) is 19.6. The number of hydrogen-bond acceptors (Lipinski definition) is 7. The Morgan fingerprint density at radius 1 is 1.10 bits per heavy atom. The first-order valence-corrected chi connectivity index (χ1v) is 13.9. The van der Waals surface area contributed by atoms with Crippen LogP contribution in [0.15, 0.2) is 48.9 Å².